The lowest BCUT2D eigenvalue weighted by atomic mass is 10.2. The molecular weight excluding hydrogens is 232 g/mol. The molecule has 0 saturated heterocycles. The van der Waals surface area contributed by atoms with E-state index in [0.29, 0.717) is 6.61 Å². The van der Waals surface area contributed by atoms with E-state index in [1.165, 1.54) is 6.08 Å². The maximum Gasteiger partial charge on any atom is 0.330 e. The minimum absolute atomic E-state index is 0.250. The Bertz CT molecular complexity index is 355. The number of aliphatic hydroxyl groups excluding tert-OH is 1. The lowest BCUT2D eigenvalue weighted by molar-refractivity contribution is -0.137. The molecule has 0 unspecified atom stereocenters. The van der Waals surface area contributed by atoms with Crippen molar-refractivity contribution in [3.8, 4) is 5.75 Å². The normalized spacial score (nSPS) is 9.56. The van der Waals surface area contributed by atoms with E-state index < -0.39 is 0 Å². The fraction of sp³-hybridized carbons (Fsp3) is 0.357. The number of hydrogen-bond acceptors (Lipinski definition) is 4. The summed E-state index contributed by atoms with van der Waals surface area (Å²) in [5.74, 6) is 0.469. The largest absolute Gasteiger partial charge is 0.497 e. The number of benzene rings is 1. The Kier molecular flexibility index (Phi) is 9.31. The zero-order valence-corrected chi connectivity index (χ0v) is 11.1. The summed E-state index contributed by atoms with van der Waals surface area (Å²) in [5.41, 5.74) is 0.934. The molecule has 4 nitrogen and oxygen atoms in total. The van der Waals surface area contributed by atoms with Gasteiger partial charge in [0, 0.05) is 12.7 Å². The molecule has 100 valence electrons. The van der Waals surface area contributed by atoms with Gasteiger partial charge in [0.1, 0.15) is 5.75 Å². The molecule has 0 fully saturated rings. The van der Waals surface area contributed by atoms with Crippen molar-refractivity contribution in [3.05, 3.63) is 35.9 Å². The summed E-state index contributed by atoms with van der Waals surface area (Å²) in [7, 11) is 1.61. The third-order valence-corrected chi connectivity index (χ3v) is 1.81. The van der Waals surface area contributed by atoms with Crippen molar-refractivity contribution in [1.82, 2.24) is 0 Å². The van der Waals surface area contributed by atoms with Crippen molar-refractivity contribution in [2.75, 3.05) is 20.3 Å². The predicted molar refractivity (Wildman–Crippen MR) is 71.4 cm³/mol. The molecule has 1 aromatic carbocycles. The first-order valence-electron chi connectivity index (χ1n) is 5.77. The van der Waals surface area contributed by atoms with Gasteiger partial charge >= 0.3 is 5.97 Å². The van der Waals surface area contributed by atoms with Gasteiger partial charge in [0.15, 0.2) is 0 Å². The van der Waals surface area contributed by atoms with Crippen LogP contribution in [0, 0.1) is 0 Å². The first kappa shape index (κ1) is 16.2. The summed E-state index contributed by atoms with van der Waals surface area (Å²) in [5, 5.41) is 7.57. The van der Waals surface area contributed by atoms with Crippen molar-refractivity contribution in [2.24, 2.45) is 0 Å². The highest BCUT2D eigenvalue weighted by Crippen LogP contribution is 2.12. The molecule has 0 aliphatic heterocycles. The van der Waals surface area contributed by atoms with Crippen molar-refractivity contribution in [2.45, 2.75) is 13.8 Å². The molecule has 1 N–H and O–H groups in total. The average molecular weight is 252 g/mol. The Labute approximate surface area is 108 Å². The van der Waals surface area contributed by atoms with Crippen LogP contribution in [0.15, 0.2) is 30.3 Å². The van der Waals surface area contributed by atoms with E-state index in [2.05, 4.69) is 0 Å². The number of carbonyl (C=O) groups is 1. The molecule has 1 aromatic rings. The van der Waals surface area contributed by atoms with Gasteiger partial charge in [-0.3, -0.25) is 0 Å². The number of rotatable bonds is 4. The number of ether oxygens (including phenoxy) is 2. The first-order valence-corrected chi connectivity index (χ1v) is 5.77. The first-order chi connectivity index (χ1) is 8.67. The predicted octanol–water partition coefficient (Wildman–Crippen LogP) is 2.27. The van der Waals surface area contributed by atoms with Crippen molar-refractivity contribution >= 4 is 12.0 Å². The number of methoxy groups -OCH3 is 1. The molecule has 0 spiro atoms. The fourth-order valence-electron chi connectivity index (χ4n) is 1.07. The van der Waals surface area contributed by atoms with Crippen molar-refractivity contribution < 1.29 is 19.4 Å². The van der Waals surface area contributed by atoms with Gasteiger partial charge in [-0.15, -0.1) is 0 Å². The van der Waals surface area contributed by atoms with Crippen molar-refractivity contribution in [3.63, 3.8) is 0 Å². The fourth-order valence-corrected chi connectivity index (χ4v) is 1.07. The molecule has 0 radical (unpaired) electrons. The summed E-state index contributed by atoms with van der Waals surface area (Å²) < 4.78 is 9.78. The molecule has 1 rings (SSSR count). The van der Waals surface area contributed by atoms with Crippen LogP contribution in [0.4, 0.5) is 0 Å². The third kappa shape index (κ3) is 7.46. The topological polar surface area (TPSA) is 55.8 Å². The summed E-state index contributed by atoms with van der Waals surface area (Å²) in [6, 6.07) is 7.42. The van der Waals surface area contributed by atoms with Gasteiger partial charge in [-0.05, 0) is 37.6 Å². The Morgan fingerprint density at radius 2 is 1.83 bits per heavy atom. The number of esters is 1. The Morgan fingerprint density at radius 1 is 1.28 bits per heavy atom. The van der Waals surface area contributed by atoms with E-state index in [1.807, 2.05) is 24.3 Å². The molecule has 0 aromatic heterocycles. The Balaban J connectivity index is 0.000000873. The third-order valence-electron chi connectivity index (χ3n) is 1.81. The van der Waals surface area contributed by atoms with E-state index in [0.717, 1.165) is 11.3 Å². The van der Waals surface area contributed by atoms with Crippen LogP contribution >= 0.6 is 0 Å². The standard InChI is InChI=1S/C12H14O3.C2H6O/c1-3-15-12(13)9-6-10-4-7-11(14-2)8-5-10;1-2-3/h4-9H,3H2,1-2H3;3H,2H2,1H3. The Hall–Kier alpha value is -1.81. The molecule has 0 aliphatic carbocycles. The zero-order valence-electron chi connectivity index (χ0n) is 11.1. The summed E-state index contributed by atoms with van der Waals surface area (Å²) in [4.78, 5) is 11.0. The van der Waals surface area contributed by atoms with Gasteiger partial charge in [0.2, 0.25) is 0 Å². The summed E-state index contributed by atoms with van der Waals surface area (Å²) in [6.07, 6.45) is 3.11. The molecule has 0 atom stereocenters. The highest BCUT2D eigenvalue weighted by atomic mass is 16.5. The minimum atomic E-state index is -0.326. The highest BCUT2D eigenvalue weighted by Gasteiger charge is 1.94. The number of hydrogen-bond donors (Lipinski definition) is 1. The second-order valence-electron chi connectivity index (χ2n) is 3.17. The van der Waals surface area contributed by atoms with Gasteiger partial charge < -0.3 is 14.6 Å². The van der Waals surface area contributed by atoms with Crippen LogP contribution in [0.2, 0.25) is 0 Å². The van der Waals surface area contributed by atoms with Crippen LogP contribution in [-0.4, -0.2) is 31.4 Å². The molecule has 0 amide bonds. The minimum Gasteiger partial charge on any atom is -0.497 e. The maximum absolute atomic E-state index is 11.0. The van der Waals surface area contributed by atoms with E-state index >= 15 is 0 Å². The van der Waals surface area contributed by atoms with Gasteiger partial charge in [-0.2, -0.15) is 0 Å². The van der Waals surface area contributed by atoms with E-state index in [4.69, 9.17) is 14.6 Å². The monoisotopic (exact) mass is 252 g/mol. The highest BCUT2D eigenvalue weighted by molar-refractivity contribution is 5.87. The van der Waals surface area contributed by atoms with Crippen LogP contribution in [0.3, 0.4) is 0 Å². The zero-order chi connectivity index (χ0) is 13.8. The average Bonchev–Trinajstić information content (AvgIpc) is 2.38. The van der Waals surface area contributed by atoms with E-state index in [1.54, 1.807) is 27.0 Å². The molecule has 0 aliphatic rings. The SMILES string of the molecule is CCO.CCOC(=O)C=Cc1ccc(OC)cc1. The quantitative estimate of drug-likeness (QED) is 0.659. The van der Waals surface area contributed by atoms with E-state index in [-0.39, 0.29) is 12.6 Å². The summed E-state index contributed by atoms with van der Waals surface area (Å²) in [6.45, 7) is 4.10. The van der Waals surface area contributed by atoms with Gasteiger partial charge in [-0.25, -0.2) is 4.79 Å². The van der Waals surface area contributed by atoms with E-state index in [9.17, 15) is 4.79 Å². The summed E-state index contributed by atoms with van der Waals surface area (Å²) >= 11 is 0. The molecule has 18 heavy (non-hydrogen) atoms. The van der Waals surface area contributed by atoms with Crippen LogP contribution in [-0.2, 0) is 9.53 Å². The van der Waals surface area contributed by atoms with Crippen LogP contribution in [0.25, 0.3) is 6.08 Å². The van der Waals surface area contributed by atoms with Gasteiger partial charge in [0.05, 0.1) is 13.7 Å². The second kappa shape index (κ2) is 10.4. The lowest BCUT2D eigenvalue weighted by Gasteiger charge is -1.99. The molecular formula is C14H20O4. The van der Waals surface area contributed by atoms with Crippen LogP contribution in [0.1, 0.15) is 19.4 Å². The van der Waals surface area contributed by atoms with Gasteiger partial charge in [-0.1, -0.05) is 12.1 Å². The number of aliphatic hydroxyl groups is 1. The molecule has 0 heterocycles. The van der Waals surface area contributed by atoms with Crippen LogP contribution < -0.4 is 4.74 Å². The maximum atomic E-state index is 11.0. The molecule has 4 heteroatoms. The Morgan fingerprint density at radius 3 is 2.28 bits per heavy atom. The smallest absolute Gasteiger partial charge is 0.330 e. The molecule has 0 bridgehead atoms. The van der Waals surface area contributed by atoms with Gasteiger partial charge in [0.25, 0.3) is 0 Å². The van der Waals surface area contributed by atoms with Crippen LogP contribution in [0.5, 0.6) is 5.75 Å². The molecule has 0 saturated carbocycles. The lowest BCUT2D eigenvalue weighted by Crippen LogP contribution is -1.98. The number of carbonyl (C=O) groups excluding carboxylic acids is 1. The van der Waals surface area contributed by atoms with Crippen molar-refractivity contribution in [1.29, 1.82) is 0 Å². The second-order valence-corrected chi connectivity index (χ2v) is 3.17.